The predicted octanol–water partition coefficient (Wildman–Crippen LogP) is 2.48. The molecule has 0 unspecified atom stereocenters. The van der Waals surface area contributed by atoms with E-state index in [1.807, 2.05) is 6.07 Å². The fraction of sp³-hybridized carbons (Fsp3) is 0.526. The van der Waals surface area contributed by atoms with Crippen molar-refractivity contribution in [1.29, 1.82) is 0 Å². The van der Waals surface area contributed by atoms with E-state index in [0.29, 0.717) is 30.4 Å². The molecule has 2 N–H and O–H groups in total. The van der Waals surface area contributed by atoms with Crippen LogP contribution in [0.4, 0.5) is 0 Å². The topological polar surface area (TPSA) is 89.0 Å². The number of hydrogen-bond donors (Lipinski definition) is 2. The molecule has 0 saturated heterocycles. The second kappa shape index (κ2) is 9.22. The van der Waals surface area contributed by atoms with Crippen LogP contribution in [0, 0.1) is 0 Å². The molecule has 7 nitrogen and oxygen atoms in total. The summed E-state index contributed by atoms with van der Waals surface area (Å²) in [7, 11) is 0. The molecule has 1 saturated carbocycles. The third kappa shape index (κ3) is 5.47. The summed E-state index contributed by atoms with van der Waals surface area (Å²) in [5.41, 5.74) is 3.29. The molecule has 140 valence electrons. The van der Waals surface area contributed by atoms with Crippen LogP contribution in [0.15, 0.2) is 23.3 Å². The molecule has 1 fully saturated rings. The molecule has 1 aromatic carbocycles. The number of nitrogens with one attached hydrogen (secondary N) is 2. The Balaban J connectivity index is 1.32. The van der Waals surface area contributed by atoms with E-state index in [4.69, 9.17) is 9.47 Å². The first-order valence-corrected chi connectivity index (χ1v) is 9.21. The molecule has 7 heteroatoms. The number of ether oxygens (including phenoxy) is 2. The standard InChI is InChI=1S/C19H25N3O4/c23-18(21-15-5-2-1-3-6-15)7-4-8-19(24)22-20-12-14-9-10-16-17(11-14)26-13-25-16/h9-12,15H,1-8,13H2,(H,21,23)(H,22,24)/b20-12+. The van der Waals surface area contributed by atoms with Gasteiger partial charge in [-0.05, 0) is 43.0 Å². The first-order chi connectivity index (χ1) is 12.7. The van der Waals surface area contributed by atoms with E-state index in [2.05, 4.69) is 15.8 Å². The Morgan fingerprint density at radius 3 is 2.69 bits per heavy atom. The maximum Gasteiger partial charge on any atom is 0.240 e. The maximum absolute atomic E-state index is 11.9. The van der Waals surface area contributed by atoms with E-state index in [1.54, 1.807) is 18.3 Å². The van der Waals surface area contributed by atoms with E-state index in [1.165, 1.54) is 19.3 Å². The maximum atomic E-state index is 11.9. The predicted molar refractivity (Wildman–Crippen MR) is 97.2 cm³/mol. The minimum absolute atomic E-state index is 0.0357. The third-order valence-corrected chi connectivity index (χ3v) is 4.58. The van der Waals surface area contributed by atoms with Gasteiger partial charge in [0.15, 0.2) is 11.5 Å². The number of carbonyl (C=O) groups excluding carboxylic acids is 2. The first kappa shape index (κ1) is 18.2. The summed E-state index contributed by atoms with van der Waals surface area (Å²) in [4.78, 5) is 23.7. The van der Waals surface area contributed by atoms with Crippen molar-refractivity contribution in [3.8, 4) is 11.5 Å². The van der Waals surface area contributed by atoms with E-state index in [0.717, 1.165) is 18.4 Å². The summed E-state index contributed by atoms with van der Waals surface area (Å²) < 4.78 is 10.5. The monoisotopic (exact) mass is 359 g/mol. The summed E-state index contributed by atoms with van der Waals surface area (Å²) in [5.74, 6) is 1.21. The number of fused-ring (bicyclic) bond motifs is 1. The fourth-order valence-corrected chi connectivity index (χ4v) is 3.18. The Kier molecular flexibility index (Phi) is 6.46. The number of benzene rings is 1. The highest BCUT2D eigenvalue weighted by Gasteiger charge is 2.15. The third-order valence-electron chi connectivity index (χ3n) is 4.58. The normalized spacial score (nSPS) is 16.6. The lowest BCUT2D eigenvalue weighted by atomic mass is 9.95. The molecule has 0 bridgehead atoms. The van der Waals surface area contributed by atoms with Gasteiger partial charge in [-0.25, -0.2) is 5.43 Å². The van der Waals surface area contributed by atoms with Gasteiger partial charge < -0.3 is 14.8 Å². The number of hydrogen-bond acceptors (Lipinski definition) is 5. The molecule has 2 amide bonds. The van der Waals surface area contributed by atoms with Crippen LogP contribution in [0.25, 0.3) is 0 Å². The van der Waals surface area contributed by atoms with Crippen molar-refractivity contribution >= 4 is 18.0 Å². The summed E-state index contributed by atoms with van der Waals surface area (Å²) >= 11 is 0. The first-order valence-electron chi connectivity index (χ1n) is 9.21. The summed E-state index contributed by atoms with van der Waals surface area (Å²) in [6.07, 6.45) is 8.50. The zero-order chi connectivity index (χ0) is 18.2. The van der Waals surface area contributed by atoms with Crippen LogP contribution in [0.3, 0.4) is 0 Å². The summed E-state index contributed by atoms with van der Waals surface area (Å²) in [6.45, 7) is 0.223. The molecule has 1 aromatic rings. The average Bonchev–Trinajstić information content (AvgIpc) is 3.10. The Hall–Kier alpha value is -2.57. The van der Waals surface area contributed by atoms with Crippen LogP contribution in [-0.4, -0.2) is 30.9 Å². The molecule has 0 radical (unpaired) electrons. The molecular weight excluding hydrogens is 334 g/mol. The van der Waals surface area contributed by atoms with Crippen molar-refractivity contribution < 1.29 is 19.1 Å². The molecular formula is C19H25N3O4. The van der Waals surface area contributed by atoms with Gasteiger partial charge >= 0.3 is 0 Å². The molecule has 3 rings (SSSR count). The number of amides is 2. The lowest BCUT2D eigenvalue weighted by molar-refractivity contribution is -0.123. The SMILES string of the molecule is O=C(CCCC(=O)NC1CCCCC1)N/N=C/c1ccc2c(c1)OCO2. The largest absolute Gasteiger partial charge is 0.454 e. The number of hydrazone groups is 1. The molecule has 1 heterocycles. The van der Waals surface area contributed by atoms with Gasteiger partial charge in [0, 0.05) is 18.9 Å². The Bertz CT molecular complexity index is 669. The minimum Gasteiger partial charge on any atom is -0.454 e. The molecule has 1 aliphatic carbocycles. The lowest BCUT2D eigenvalue weighted by Crippen LogP contribution is -2.36. The van der Waals surface area contributed by atoms with E-state index < -0.39 is 0 Å². The van der Waals surface area contributed by atoms with Gasteiger partial charge in [-0.1, -0.05) is 19.3 Å². The second-order valence-electron chi connectivity index (χ2n) is 6.66. The van der Waals surface area contributed by atoms with Crippen molar-refractivity contribution in [3.05, 3.63) is 23.8 Å². The average molecular weight is 359 g/mol. The van der Waals surface area contributed by atoms with Gasteiger partial charge in [0.2, 0.25) is 18.6 Å². The van der Waals surface area contributed by atoms with Gasteiger partial charge in [-0.15, -0.1) is 0 Å². The van der Waals surface area contributed by atoms with Crippen molar-refractivity contribution in [1.82, 2.24) is 10.7 Å². The van der Waals surface area contributed by atoms with E-state index >= 15 is 0 Å². The van der Waals surface area contributed by atoms with Crippen LogP contribution in [-0.2, 0) is 9.59 Å². The van der Waals surface area contributed by atoms with Crippen LogP contribution in [0.1, 0.15) is 56.9 Å². The van der Waals surface area contributed by atoms with Crippen molar-refractivity contribution in [2.24, 2.45) is 5.10 Å². The molecule has 0 atom stereocenters. The Labute approximate surface area is 153 Å². The molecule has 0 spiro atoms. The Morgan fingerprint density at radius 2 is 1.85 bits per heavy atom. The van der Waals surface area contributed by atoms with E-state index in [-0.39, 0.29) is 25.0 Å². The zero-order valence-electron chi connectivity index (χ0n) is 14.8. The minimum atomic E-state index is -0.201. The fourth-order valence-electron chi connectivity index (χ4n) is 3.18. The van der Waals surface area contributed by atoms with Gasteiger partial charge in [0.05, 0.1) is 6.21 Å². The molecule has 2 aliphatic rings. The number of carbonyl (C=O) groups is 2. The summed E-state index contributed by atoms with van der Waals surface area (Å²) in [5, 5.41) is 6.99. The van der Waals surface area contributed by atoms with Crippen LogP contribution in [0.5, 0.6) is 11.5 Å². The van der Waals surface area contributed by atoms with Gasteiger partial charge in [0.1, 0.15) is 0 Å². The highest BCUT2D eigenvalue weighted by molar-refractivity contribution is 5.83. The van der Waals surface area contributed by atoms with Crippen LogP contribution in [0.2, 0.25) is 0 Å². The Morgan fingerprint density at radius 1 is 1.08 bits per heavy atom. The number of rotatable bonds is 7. The van der Waals surface area contributed by atoms with Gasteiger partial charge in [0.25, 0.3) is 0 Å². The highest BCUT2D eigenvalue weighted by atomic mass is 16.7. The van der Waals surface area contributed by atoms with Crippen molar-refractivity contribution in [3.63, 3.8) is 0 Å². The van der Waals surface area contributed by atoms with Crippen LogP contribution >= 0.6 is 0 Å². The second-order valence-corrected chi connectivity index (χ2v) is 6.66. The van der Waals surface area contributed by atoms with Gasteiger partial charge in [-0.2, -0.15) is 5.10 Å². The van der Waals surface area contributed by atoms with Crippen molar-refractivity contribution in [2.45, 2.75) is 57.4 Å². The lowest BCUT2D eigenvalue weighted by Gasteiger charge is -2.22. The van der Waals surface area contributed by atoms with E-state index in [9.17, 15) is 9.59 Å². The zero-order valence-corrected chi connectivity index (χ0v) is 14.8. The smallest absolute Gasteiger partial charge is 0.240 e. The molecule has 26 heavy (non-hydrogen) atoms. The van der Waals surface area contributed by atoms with Gasteiger partial charge in [-0.3, -0.25) is 9.59 Å². The van der Waals surface area contributed by atoms with Crippen LogP contribution < -0.4 is 20.2 Å². The number of nitrogens with zero attached hydrogens (tertiary/aromatic N) is 1. The quantitative estimate of drug-likeness (QED) is 0.578. The highest BCUT2D eigenvalue weighted by Crippen LogP contribution is 2.31. The molecule has 0 aromatic heterocycles. The van der Waals surface area contributed by atoms with Crippen molar-refractivity contribution in [2.75, 3.05) is 6.79 Å². The molecule has 1 aliphatic heterocycles. The summed E-state index contributed by atoms with van der Waals surface area (Å²) in [6, 6.07) is 5.75.